The average molecular weight is 353 g/mol. The number of aliphatic hydroxyl groups is 1. The molecule has 1 aromatic carbocycles. The molecule has 2 aliphatic rings. The number of carbonyl (C=O) groups excluding carboxylic acids is 1. The average Bonchev–Trinajstić information content (AvgIpc) is 2.62. The molecule has 1 amide bonds. The minimum Gasteiger partial charge on any atom is -0.390 e. The van der Waals surface area contributed by atoms with E-state index in [1.807, 2.05) is 23.1 Å². The molecule has 1 N–H and O–H groups in total. The first kappa shape index (κ1) is 17.5. The predicted octanol–water partition coefficient (Wildman–Crippen LogP) is 2.16. The molecule has 1 aromatic rings. The van der Waals surface area contributed by atoms with E-state index in [2.05, 4.69) is 11.0 Å². The number of aliphatic hydroxyl groups excluding tert-OH is 1. The lowest BCUT2D eigenvalue weighted by molar-refractivity contribution is -0.141. The quantitative estimate of drug-likeness (QED) is 0.905. The molecule has 2 fully saturated rings. The van der Waals surface area contributed by atoms with Crippen LogP contribution in [0.15, 0.2) is 24.3 Å². The molecule has 0 radical (unpaired) electrons. The zero-order chi connectivity index (χ0) is 17.1. The van der Waals surface area contributed by atoms with Crippen molar-refractivity contribution in [1.82, 2.24) is 4.90 Å². The molecule has 0 spiro atoms. The summed E-state index contributed by atoms with van der Waals surface area (Å²) in [7, 11) is 1.60. The number of methoxy groups -OCH3 is 1. The molecule has 24 heavy (non-hydrogen) atoms. The van der Waals surface area contributed by atoms with Gasteiger partial charge in [-0.3, -0.25) is 4.79 Å². The van der Waals surface area contributed by atoms with Crippen molar-refractivity contribution in [3.8, 4) is 0 Å². The lowest BCUT2D eigenvalue weighted by Gasteiger charge is -2.39. The number of nitrogens with zero attached hydrogens (tertiary/aromatic N) is 2. The smallest absolute Gasteiger partial charge is 0.225 e. The number of hydrogen-bond acceptors (Lipinski definition) is 4. The standard InChI is InChI=1S/C18H25ClN2O3/c1-24-17-11-13(5-6-16(17)22)18(23)21-9-7-20(8-10-21)15-4-2-3-14(19)12-15/h2-4,12-13,16-17,22H,5-11H2,1H3/t13-,16+,17-/m1/s1. The van der Waals surface area contributed by atoms with Gasteiger partial charge in [-0.2, -0.15) is 0 Å². The lowest BCUT2D eigenvalue weighted by atomic mass is 9.84. The summed E-state index contributed by atoms with van der Waals surface area (Å²) >= 11 is 6.06. The highest BCUT2D eigenvalue weighted by Gasteiger charge is 2.35. The minimum atomic E-state index is -0.446. The number of amides is 1. The molecule has 1 saturated carbocycles. The van der Waals surface area contributed by atoms with Gasteiger partial charge in [-0.05, 0) is 37.5 Å². The zero-order valence-electron chi connectivity index (χ0n) is 14.0. The van der Waals surface area contributed by atoms with Gasteiger partial charge in [-0.15, -0.1) is 0 Å². The lowest BCUT2D eigenvalue weighted by Crippen LogP contribution is -2.51. The van der Waals surface area contributed by atoms with E-state index in [-0.39, 0.29) is 17.9 Å². The molecule has 132 valence electrons. The van der Waals surface area contributed by atoms with Gasteiger partial charge < -0.3 is 19.6 Å². The van der Waals surface area contributed by atoms with Crippen LogP contribution in [0.3, 0.4) is 0 Å². The van der Waals surface area contributed by atoms with Crippen LogP contribution < -0.4 is 4.90 Å². The van der Waals surface area contributed by atoms with Crippen molar-refractivity contribution < 1.29 is 14.6 Å². The largest absolute Gasteiger partial charge is 0.390 e. The second-order valence-electron chi connectivity index (χ2n) is 6.64. The Balaban J connectivity index is 1.55. The van der Waals surface area contributed by atoms with E-state index in [9.17, 15) is 9.90 Å². The van der Waals surface area contributed by atoms with Crippen LogP contribution in [0.5, 0.6) is 0 Å². The fourth-order valence-corrected chi connectivity index (χ4v) is 3.89. The molecule has 1 aliphatic heterocycles. The number of rotatable bonds is 3. The first-order valence-electron chi connectivity index (χ1n) is 8.58. The van der Waals surface area contributed by atoms with Crippen LogP contribution >= 0.6 is 11.6 Å². The van der Waals surface area contributed by atoms with Gasteiger partial charge in [-0.1, -0.05) is 17.7 Å². The summed E-state index contributed by atoms with van der Waals surface area (Å²) in [5.41, 5.74) is 1.11. The number of carbonyl (C=O) groups is 1. The highest BCUT2D eigenvalue weighted by Crippen LogP contribution is 2.29. The molecule has 0 bridgehead atoms. The van der Waals surface area contributed by atoms with Crippen LogP contribution in [0.1, 0.15) is 19.3 Å². The second kappa shape index (κ2) is 7.72. The number of piperazine rings is 1. The summed E-state index contributed by atoms with van der Waals surface area (Å²) in [5.74, 6) is 0.172. The maximum Gasteiger partial charge on any atom is 0.225 e. The molecule has 1 heterocycles. The summed E-state index contributed by atoms with van der Waals surface area (Å²) in [6.07, 6.45) is 1.33. The molecule has 6 heteroatoms. The van der Waals surface area contributed by atoms with E-state index in [1.165, 1.54) is 0 Å². The fraction of sp³-hybridized carbons (Fsp3) is 0.611. The fourth-order valence-electron chi connectivity index (χ4n) is 3.71. The Morgan fingerprint density at radius 3 is 2.67 bits per heavy atom. The van der Waals surface area contributed by atoms with Gasteiger partial charge in [0.1, 0.15) is 0 Å². The Morgan fingerprint density at radius 2 is 2.00 bits per heavy atom. The van der Waals surface area contributed by atoms with Crippen LogP contribution in [0.2, 0.25) is 5.02 Å². The van der Waals surface area contributed by atoms with E-state index in [0.717, 1.165) is 43.3 Å². The molecule has 1 saturated heterocycles. The highest BCUT2D eigenvalue weighted by molar-refractivity contribution is 6.30. The van der Waals surface area contributed by atoms with Crippen LogP contribution in [-0.2, 0) is 9.53 Å². The third-order valence-corrected chi connectivity index (χ3v) is 5.41. The zero-order valence-corrected chi connectivity index (χ0v) is 14.8. The normalized spacial score (nSPS) is 28.0. The molecular weight excluding hydrogens is 328 g/mol. The minimum absolute atomic E-state index is 0.0314. The van der Waals surface area contributed by atoms with E-state index in [4.69, 9.17) is 16.3 Å². The van der Waals surface area contributed by atoms with Crippen molar-refractivity contribution in [2.75, 3.05) is 38.2 Å². The van der Waals surface area contributed by atoms with Gasteiger partial charge in [0.05, 0.1) is 12.2 Å². The van der Waals surface area contributed by atoms with E-state index in [1.54, 1.807) is 7.11 Å². The highest BCUT2D eigenvalue weighted by atomic mass is 35.5. The van der Waals surface area contributed by atoms with Gasteiger partial charge in [0.25, 0.3) is 0 Å². The van der Waals surface area contributed by atoms with Crippen molar-refractivity contribution in [3.05, 3.63) is 29.3 Å². The summed E-state index contributed by atoms with van der Waals surface area (Å²) < 4.78 is 5.32. The molecular formula is C18H25ClN2O3. The molecule has 1 aliphatic carbocycles. The van der Waals surface area contributed by atoms with Gasteiger partial charge in [0.2, 0.25) is 5.91 Å². The van der Waals surface area contributed by atoms with Crippen molar-refractivity contribution in [2.45, 2.75) is 31.5 Å². The van der Waals surface area contributed by atoms with E-state index in [0.29, 0.717) is 12.8 Å². The predicted molar refractivity (Wildman–Crippen MR) is 94.4 cm³/mol. The van der Waals surface area contributed by atoms with Gasteiger partial charge in [0.15, 0.2) is 0 Å². The van der Waals surface area contributed by atoms with Crippen LogP contribution in [0.25, 0.3) is 0 Å². The molecule has 0 unspecified atom stereocenters. The molecule has 3 atom stereocenters. The Bertz CT molecular complexity index is 575. The van der Waals surface area contributed by atoms with Crippen LogP contribution in [0.4, 0.5) is 5.69 Å². The third-order valence-electron chi connectivity index (χ3n) is 5.17. The Hall–Kier alpha value is -1.30. The van der Waals surface area contributed by atoms with Gasteiger partial charge in [0, 0.05) is 49.9 Å². The van der Waals surface area contributed by atoms with Crippen LogP contribution in [0, 0.1) is 5.92 Å². The van der Waals surface area contributed by atoms with E-state index >= 15 is 0 Å². The summed E-state index contributed by atoms with van der Waals surface area (Å²) in [5, 5.41) is 10.6. The number of anilines is 1. The second-order valence-corrected chi connectivity index (χ2v) is 7.08. The van der Waals surface area contributed by atoms with Gasteiger partial charge >= 0.3 is 0 Å². The Morgan fingerprint density at radius 1 is 1.25 bits per heavy atom. The maximum absolute atomic E-state index is 12.8. The maximum atomic E-state index is 12.8. The Labute approximate surface area is 148 Å². The third kappa shape index (κ3) is 3.85. The monoisotopic (exact) mass is 352 g/mol. The van der Waals surface area contributed by atoms with Crippen molar-refractivity contribution >= 4 is 23.2 Å². The van der Waals surface area contributed by atoms with Gasteiger partial charge in [-0.25, -0.2) is 0 Å². The molecule has 3 rings (SSSR count). The van der Waals surface area contributed by atoms with Crippen molar-refractivity contribution in [1.29, 1.82) is 0 Å². The molecule has 5 nitrogen and oxygen atoms in total. The Kier molecular flexibility index (Phi) is 5.64. The molecule has 0 aromatic heterocycles. The number of benzene rings is 1. The van der Waals surface area contributed by atoms with Crippen LogP contribution in [-0.4, -0.2) is 61.4 Å². The number of hydrogen-bond donors (Lipinski definition) is 1. The van der Waals surface area contributed by atoms with Crippen molar-refractivity contribution in [3.63, 3.8) is 0 Å². The first-order chi connectivity index (χ1) is 11.6. The number of halogens is 1. The topological polar surface area (TPSA) is 53.0 Å². The SMILES string of the molecule is CO[C@@H]1C[C@H](C(=O)N2CCN(c3cccc(Cl)c3)CC2)CC[C@@H]1O. The first-order valence-corrected chi connectivity index (χ1v) is 8.96. The summed E-state index contributed by atoms with van der Waals surface area (Å²) in [6.45, 7) is 3.08. The summed E-state index contributed by atoms with van der Waals surface area (Å²) in [4.78, 5) is 17.0. The number of ether oxygens (including phenoxy) is 1. The summed E-state index contributed by atoms with van der Waals surface area (Å²) in [6, 6.07) is 7.84. The van der Waals surface area contributed by atoms with E-state index < -0.39 is 6.10 Å². The van der Waals surface area contributed by atoms with Crippen molar-refractivity contribution in [2.24, 2.45) is 5.92 Å².